The molecule has 0 radical (unpaired) electrons. The first-order valence-corrected chi connectivity index (χ1v) is 17.8. The molecule has 5 rings (SSSR count). The predicted molar refractivity (Wildman–Crippen MR) is 197 cm³/mol. The Morgan fingerprint density at radius 3 is 1.94 bits per heavy atom. The molecule has 3 aromatic carbocycles. The number of anilines is 2. The van der Waals surface area contributed by atoms with Crippen molar-refractivity contribution < 1.29 is 45.4 Å². The molecule has 1 atom stereocenters. The summed E-state index contributed by atoms with van der Waals surface area (Å²) in [7, 11) is 0. The average molecular weight is 752 g/mol. The van der Waals surface area contributed by atoms with Crippen LogP contribution in [0.5, 0.6) is 0 Å². The summed E-state index contributed by atoms with van der Waals surface area (Å²) in [6, 6.07) is 18.0. The fraction of sp³-hybridized carbons (Fsp3) is 0.349. The van der Waals surface area contributed by atoms with E-state index in [2.05, 4.69) is 13.2 Å². The number of allylic oxidation sites excluding steroid dienone is 3. The largest absolute Gasteiger partial charge is 0.462 e. The van der Waals surface area contributed by atoms with Gasteiger partial charge in [-0.3, -0.25) is 0 Å². The van der Waals surface area contributed by atoms with Gasteiger partial charge in [0.1, 0.15) is 0 Å². The summed E-state index contributed by atoms with van der Waals surface area (Å²) in [6.45, 7) is 10.7. The number of hydrogen-bond donors (Lipinski definition) is 0. The van der Waals surface area contributed by atoms with Gasteiger partial charge >= 0.3 is 24.3 Å². The number of esters is 2. The van der Waals surface area contributed by atoms with Crippen LogP contribution in [0, 0.1) is 5.92 Å². The zero-order chi connectivity index (χ0) is 39.3. The van der Waals surface area contributed by atoms with Crippen molar-refractivity contribution in [2.45, 2.75) is 76.6 Å². The fourth-order valence-electron chi connectivity index (χ4n) is 7.19. The Morgan fingerprint density at radius 2 is 1.35 bits per heavy atom. The van der Waals surface area contributed by atoms with Gasteiger partial charge in [-0.2, -0.15) is 26.3 Å². The molecule has 0 amide bonds. The third-order valence-electron chi connectivity index (χ3n) is 9.83. The molecule has 0 spiro atoms. The number of carbonyl (C=O) groups excluding carboxylic acids is 2. The molecule has 286 valence electrons. The number of halogens is 6. The van der Waals surface area contributed by atoms with Crippen LogP contribution in [0.1, 0.15) is 75.5 Å². The minimum Gasteiger partial charge on any atom is -0.462 e. The molecule has 0 saturated carbocycles. The van der Waals surface area contributed by atoms with E-state index in [0.29, 0.717) is 55.4 Å². The van der Waals surface area contributed by atoms with Crippen molar-refractivity contribution in [2.75, 3.05) is 18.1 Å². The number of rotatable bonds is 15. The molecule has 0 N–H and O–H groups in total. The van der Waals surface area contributed by atoms with E-state index >= 15 is 0 Å². The van der Waals surface area contributed by atoms with Gasteiger partial charge in [-0.1, -0.05) is 55.6 Å². The van der Waals surface area contributed by atoms with E-state index in [-0.39, 0.29) is 31.0 Å². The van der Waals surface area contributed by atoms with Crippen molar-refractivity contribution in [3.8, 4) is 11.1 Å². The van der Waals surface area contributed by atoms with E-state index < -0.39 is 41.2 Å². The van der Waals surface area contributed by atoms with Gasteiger partial charge in [0.2, 0.25) is 0 Å². The molecule has 0 bridgehead atoms. The summed E-state index contributed by atoms with van der Waals surface area (Å²) in [4.78, 5) is 25.5. The highest BCUT2D eigenvalue weighted by atomic mass is 19.4. The van der Waals surface area contributed by atoms with E-state index in [1.54, 1.807) is 19.9 Å². The van der Waals surface area contributed by atoms with Crippen LogP contribution in [0.4, 0.5) is 37.7 Å². The second-order valence-electron chi connectivity index (χ2n) is 13.9. The summed E-state index contributed by atoms with van der Waals surface area (Å²) in [6.07, 6.45) is -2.02. The third-order valence-corrected chi connectivity index (χ3v) is 9.83. The maximum Gasteiger partial charge on any atom is 0.416 e. The predicted octanol–water partition coefficient (Wildman–Crippen LogP) is 11.7. The van der Waals surface area contributed by atoms with Crippen LogP contribution >= 0.6 is 0 Å². The molecule has 2 aliphatic carbocycles. The van der Waals surface area contributed by atoms with Crippen LogP contribution in [0.3, 0.4) is 0 Å². The van der Waals surface area contributed by atoms with E-state index in [4.69, 9.17) is 9.47 Å². The van der Waals surface area contributed by atoms with Gasteiger partial charge in [-0.05, 0) is 124 Å². The van der Waals surface area contributed by atoms with Crippen LogP contribution in [0.25, 0.3) is 11.1 Å². The third kappa shape index (κ3) is 9.00. The fourth-order valence-corrected chi connectivity index (χ4v) is 7.19. The maximum absolute atomic E-state index is 14.0. The smallest absolute Gasteiger partial charge is 0.416 e. The van der Waals surface area contributed by atoms with Gasteiger partial charge in [-0.25, -0.2) is 9.59 Å². The van der Waals surface area contributed by atoms with Crippen molar-refractivity contribution >= 4 is 23.3 Å². The lowest BCUT2D eigenvalue weighted by Gasteiger charge is -2.35. The maximum atomic E-state index is 14.0. The minimum absolute atomic E-state index is 0.0586. The Labute approximate surface area is 311 Å². The Balaban J connectivity index is 1.61. The number of benzene rings is 3. The number of nitrogens with zero attached hydrogens (tertiary/aromatic N) is 1. The number of ether oxygens (including phenoxy) is 2. The molecule has 3 aromatic rings. The SMILES string of the molecule is C=C(C)C(=O)OCCCCC1(CCCCOC(=O)C(=C)C)c2ccccc2-c2ccc(N(C3=CC(C(F)(F)F)CC=C3)c3cccc(C(F)(F)F)c3)cc21. The van der Waals surface area contributed by atoms with Gasteiger partial charge in [0, 0.05) is 33.6 Å². The Hall–Kier alpha value is -5.06. The molecular formula is C43H43F6NO4. The van der Waals surface area contributed by atoms with Gasteiger partial charge < -0.3 is 14.4 Å². The van der Waals surface area contributed by atoms with Crippen LogP contribution in [-0.4, -0.2) is 31.3 Å². The van der Waals surface area contributed by atoms with Crippen molar-refractivity contribution in [1.82, 2.24) is 0 Å². The zero-order valence-corrected chi connectivity index (χ0v) is 30.3. The van der Waals surface area contributed by atoms with E-state index in [1.807, 2.05) is 36.4 Å². The molecule has 1 unspecified atom stereocenters. The molecule has 11 heteroatoms. The van der Waals surface area contributed by atoms with E-state index in [9.17, 15) is 35.9 Å². The first-order chi connectivity index (χ1) is 25.5. The second-order valence-corrected chi connectivity index (χ2v) is 13.9. The standard InChI is InChI=1S/C43H43F6NO4/c1-28(2)39(51)53-23-9-7-21-41(22-8-10-24-54-40(52)29(3)4)37-18-6-5-17-35(37)36-20-19-34(27-38(36)41)50(32-15-11-13-30(25-32)42(44,45)46)33-16-12-14-31(26-33)43(47,48)49/h5-6,11-13,15-20,25-27,31H,1,3,7-10,14,21-24H2,2,4H3. The van der Waals surface area contributed by atoms with E-state index in [0.717, 1.165) is 40.5 Å². The van der Waals surface area contributed by atoms with Gasteiger partial charge in [0.05, 0.1) is 24.7 Å². The zero-order valence-electron chi connectivity index (χ0n) is 30.3. The van der Waals surface area contributed by atoms with Crippen molar-refractivity contribution in [3.05, 3.63) is 132 Å². The first-order valence-electron chi connectivity index (χ1n) is 17.8. The number of carbonyl (C=O) groups is 2. The van der Waals surface area contributed by atoms with Gasteiger partial charge in [0.15, 0.2) is 0 Å². The molecule has 0 saturated heterocycles. The Bertz CT molecular complexity index is 1920. The average Bonchev–Trinajstić information content (AvgIpc) is 3.39. The molecule has 0 aliphatic heterocycles. The highest BCUT2D eigenvalue weighted by Crippen LogP contribution is 2.55. The first kappa shape index (κ1) is 40.1. The van der Waals surface area contributed by atoms with Crippen LogP contribution in [-0.2, 0) is 30.7 Å². The molecule has 5 nitrogen and oxygen atoms in total. The normalized spacial score (nSPS) is 15.9. The van der Waals surface area contributed by atoms with Crippen LogP contribution < -0.4 is 4.90 Å². The van der Waals surface area contributed by atoms with E-state index in [1.165, 1.54) is 29.2 Å². The Morgan fingerprint density at radius 1 is 0.759 bits per heavy atom. The van der Waals surface area contributed by atoms with Crippen LogP contribution in [0.2, 0.25) is 0 Å². The summed E-state index contributed by atoms with van der Waals surface area (Å²) >= 11 is 0. The topological polar surface area (TPSA) is 55.8 Å². The minimum atomic E-state index is -4.68. The summed E-state index contributed by atoms with van der Waals surface area (Å²) < 4.78 is 94.8. The number of alkyl halides is 6. The van der Waals surface area contributed by atoms with Crippen molar-refractivity contribution in [1.29, 1.82) is 0 Å². The molecule has 0 aromatic heterocycles. The lowest BCUT2D eigenvalue weighted by Crippen LogP contribution is -2.27. The molecule has 0 fully saturated rings. The molecule has 0 heterocycles. The molecular weight excluding hydrogens is 708 g/mol. The summed E-state index contributed by atoms with van der Waals surface area (Å²) in [5, 5.41) is 0. The molecule has 2 aliphatic rings. The second kappa shape index (κ2) is 16.5. The highest BCUT2D eigenvalue weighted by molar-refractivity contribution is 5.87. The number of unbranched alkanes of at least 4 members (excludes halogenated alkanes) is 2. The van der Waals surface area contributed by atoms with Crippen molar-refractivity contribution in [3.63, 3.8) is 0 Å². The van der Waals surface area contributed by atoms with Gasteiger partial charge in [0.25, 0.3) is 0 Å². The lowest BCUT2D eigenvalue weighted by atomic mass is 9.70. The summed E-state index contributed by atoms with van der Waals surface area (Å²) in [5.41, 5.74) is 3.37. The van der Waals surface area contributed by atoms with Gasteiger partial charge in [-0.15, -0.1) is 0 Å². The number of hydrogen-bond acceptors (Lipinski definition) is 5. The highest BCUT2D eigenvalue weighted by Gasteiger charge is 2.43. The molecule has 54 heavy (non-hydrogen) atoms. The Kier molecular flexibility index (Phi) is 12.3. The van der Waals surface area contributed by atoms with Crippen LogP contribution in [0.15, 0.2) is 115 Å². The monoisotopic (exact) mass is 751 g/mol. The quantitative estimate of drug-likeness (QED) is 0.0670. The number of fused-ring (bicyclic) bond motifs is 3. The van der Waals surface area contributed by atoms with Crippen molar-refractivity contribution in [2.24, 2.45) is 5.92 Å². The lowest BCUT2D eigenvalue weighted by molar-refractivity contribution is -0.160. The summed E-state index contributed by atoms with van der Waals surface area (Å²) in [5.74, 6) is -2.78.